The summed E-state index contributed by atoms with van der Waals surface area (Å²) in [6.07, 6.45) is 0. The summed E-state index contributed by atoms with van der Waals surface area (Å²) in [4.78, 5) is 2.32. The van der Waals surface area contributed by atoms with Gasteiger partial charge in [0.15, 0.2) is 0 Å². The highest BCUT2D eigenvalue weighted by Gasteiger charge is 2.15. The van der Waals surface area contributed by atoms with Crippen molar-refractivity contribution in [3.05, 3.63) is 36.4 Å². The molecule has 0 amide bonds. The molecule has 0 bridgehead atoms. The lowest BCUT2D eigenvalue weighted by Crippen LogP contribution is -2.01. The summed E-state index contributed by atoms with van der Waals surface area (Å²) in [5.41, 5.74) is 15.2. The van der Waals surface area contributed by atoms with Gasteiger partial charge in [-0.2, -0.15) is 0 Å². The predicted molar refractivity (Wildman–Crippen MR) is 69.1 cm³/mol. The molecule has 1 aliphatic heterocycles. The van der Waals surface area contributed by atoms with Crippen molar-refractivity contribution in [3.63, 3.8) is 0 Å². The zero-order valence-electron chi connectivity index (χ0n) is 8.53. The maximum atomic E-state index is 5.76. The third-order valence-electron chi connectivity index (χ3n) is 2.50. The average Bonchev–Trinajstić information content (AvgIpc) is 2.26. The van der Waals surface area contributed by atoms with Crippen molar-refractivity contribution in [1.82, 2.24) is 0 Å². The number of hydrogen-bond acceptors (Lipinski definition) is 4. The lowest BCUT2D eigenvalue weighted by atomic mass is 10.2. The van der Waals surface area contributed by atoms with Crippen LogP contribution in [-0.4, -0.2) is 0 Å². The van der Waals surface area contributed by atoms with E-state index in [1.54, 1.807) is 11.8 Å². The Morgan fingerprint density at radius 3 is 2.44 bits per heavy atom. The standard InChI is InChI=1S/C12H11N3S/c13-7-2-4-11-10(5-7)15-9-3-1-8(14)6-12(9)16-11/h1-6,15H,13-14H2. The van der Waals surface area contributed by atoms with E-state index in [0.29, 0.717) is 0 Å². The van der Waals surface area contributed by atoms with Gasteiger partial charge in [-0.1, -0.05) is 11.8 Å². The molecule has 0 saturated carbocycles. The Hall–Kier alpha value is -1.81. The second-order valence-electron chi connectivity index (χ2n) is 3.74. The average molecular weight is 229 g/mol. The monoisotopic (exact) mass is 229 g/mol. The fourth-order valence-corrected chi connectivity index (χ4v) is 2.74. The van der Waals surface area contributed by atoms with E-state index in [-0.39, 0.29) is 0 Å². The minimum atomic E-state index is 0.769. The highest BCUT2D eigenvalue weighted by Crippen LogP contribution is 2.45. The van der Waals surface area contributed by atoms with Crippen molar-refractivity contribution in [2.45, 2.75) is 9.79 Å². The minimum absolute atomic E-state index is 0.769. The fourth-order valence-electron chi connectivity index (χ4n) is 1.72. The van der Waals surface area contributed by atoms with E-state index < -0.39 is 0 Å². The molecule has 2 aromatic rings. The summed E-state index contributed by atoms with van der Waals surface area (Å²) in [6.45, 7) is 0. The van der Waals surface area contributed by atoms with Crippen LogP contribution in [0.3, 0.4) is 0 Å². The molecule has 80 valence electrons. The van der Waals surface area contributed by atoms with E-state index in [0.717, 1.165) is 27.6 Å². The molecule has 0 fully saturated rings. The highest BCUT2D eigenvalue weighted by molar-refractivity contribution is 7.99. The van der Waals surface area contributed by atoms with Crippen molar-refractivity contribution in [3.8, 4) is 0 Å². The molecule has 3 rings (SSSR count). The molecule has 0 aliphatic carbocycles. The molecular formula is C12H11N3S. The topological polar surface area (TPSA) is 64.1 Å². The first-order valence-electron chi connectivity index (χ1n) is 4.96. The first-order valence-corrected chi connectivity index (χ1v) is 5.78. The van der Waals surface area contributed by atoms with Gasteiger partial charge in [0, 0.05) is 21.2 Å². The van der Waals surface area contributed by atoms with Crippen molar-refractivity contribution in [2.24, 2.45) is 0 Å². The van der Waals surface area contributed by atoms with Gasteiger partial charge in [0.05, 0.1) is 11.4 Å². The Balaban J connectivity index is 2.09. The molecule has 0 atom stereocenters. The number of nitrogen functional groups attached to an aromatic ring is 2. The number of fused-ring (bicyclic) bond motifs is 2. The van der Waals surface area contributed by atoms with Gasteiger partial charge in [-0.15, -0.1) is 0 Å². The van der Waals surface area contributed by atoms with Crippen molar-refractivity contribution >= 4 is 34.5 Å². The molecule has 0 aromatic heterocycles. The number of rotatable bonds is 0. The maximum Gasteiger partial charge on any atom is 0.0547 e. The number of hydrogen-bond donors (Lipinski definition) is 3. The van der Waals surface area contributed by atoms with E-state index in [1.807, 2.05) is 36.4 Å². The van der Waals surface area contributed by atoms with Crippen LogP contribution in [0.25, 0.3) is 0 Å². The quantitative estimate of drug-likeness (QED) is 0.518. The van der Waals surface area contributed by atoms with Crippen LogP contribution in [0, 0.1) is 0 Å². The third kappa shape index (κ3) is 1.47. The third-order valence-corrected chi connectivity index (χ3v) is 3.63. The normalized spacial score (nSPS) is 12.5. The van der Waals surface area contributed by atoms with Gasteiger partial charge in [0.1, 0.15) is 0 Å². The molecule has 2 aromatic carbocycles. The van der Waals surface area contributed by atoms with Gasteiger partial charge in [-0.3, -0.25) is 0 Å². The molecule has 1 aliphatic rings. The van der Waals surface area contributed by atoms with Gasteiger partial charge in [-0.25, -0.2) is 0 Å². The van der Waals surface area contributed by atoms with Crippen LogP contribution in [-0.2, 0) is 0 Å². The summed E-state index contributed by atoms with van der Waals surface area (Å²) < 4.78 is 0. The Kier molecular flexibility index (Phi) is 1.97. The fraction of sp³-hybridized carbons (Fsp3) is 0. The molecule has 5 N–H and O–H groups in total. The van der Waals surface area contributed by atoms with Crippen LogP contribution in [0.1, 0.15) is 0 Å². The molecule has 0 radical (unpaired) electrons. The molecule has 3 nitrogen and oxygen atoms in total. The van der Waals surface area contributed by atoms with Crippen molar-refractivity contribution in [1.29, 1.82) is 0 Å². The van der Waals surface area contributed by atoms with Gasteiger partial charge in [-0.05, 0) is 36.4 Å². The molecule has 4 heteroatoms. The first-order chi connectivity index (χ1) is 7.72. The zero-order valence-corrected chi connectivity index (χ0v) is 9.34. The molecular weight excluding hydrogens is 218 g/mol. The first kappa shape index (κ1) is 9.42. The van der Waals surface area contributed by atoms with Crippen molar-refractivity contribution < 1.29 is 0 Å². The summed E-state index contributed by atoms with van der Waals surface area (Å²) in [5.74, 6) is 0. The van der Waals surface area contributed by atoms with E-state index >= 15 is 0 Å². The number of benzene rings is 2. The lowest BCUT2D eigenvalue weighted by molar-refractivity contribution is 1.32. The van der Waals surface area contributed by atoms with Crippen molar-refractivity contribution in [2.75, 3.05) is 16.8 Å². The summed E-state index contributed by atoms with van der Waals surface area (Å²) in [7, 11) is 0. The largest absolute Gasteiger partial charge is 0.399 e. The van der Waals surface area contributed by atoms with Crippen LogP contribution in [0.4, 0.5) is 22.7 Å². The van der Waals surface area contributed by atoms with Crippen LogP contribution in [0.5, 0.6) is 0 Å². The molecule has 16 heavy (non-hydrogen) atoms. The lowest BCUT2D eigenvalue weighted by Gasteiger charge is -2.21. The molecule has 0 spiro atoms. The van der Waals surface area contributed by atoms with Crippen LogP contribution >= 0.6 is 11.8 Å². The summed E-state index contributed by atoms with van der Waals surface area (Å²) in [6, 6.07) is 11.7. The smallest absolute Gasteiger partial charge is 0.0547 e. The van der Waals surface area contributed by atoms with Gasteiger partial charge in [0.2, 0.25) is 0 Å². The Labute approximate surface area is 97.8 Å². The predicted octanol–water partition coefficient (Wildman–Crippen LogP) is 3.06. The highest BCUT2D eigenvalue weighted by atomic mass is 32.2. The second-order valence-corrected chi connectivity index (χ2v) is 4.82. The van der Waals surface area contributed by atoms with Crippen LogP contribution in [0.15, 0.2) is 46.2 Å². The second kappa shape index (κ2) is 3.35. The molecule has 0 saturated heterocycles. The Morgan fingerprint density at radius 1 is 0.812 bits per heavy atom. The van der Waals surface area contributed by atoms with Gasteiger partial charge in [0.25, 0.3) is 0 Å². The van der Waals surface area contributed by atoms with Crippen LogP contribution < -0.4 is 16.8 Å². The van der Waals surface area contributed by atoms with E-state index in [9.17, 15) is 0 Å². The Bertz CT molecular complexity index is 515. The van der Waals surface area contributed by atoms with Crippen LogP contribution in [0.2, 0.25) is 0 Å². The summed E-state index contributed by atoms with van der Waals surface area (Å²) in [5, 5.41) is 3.35. The summed E-state index contributed by atoms with van der Waals surface area (Å²) >= 11 is 1.71. The van der Waals surface area contributed by atoms with Gasteiger partial charge < -0.3 is 16.8 Å². The Morgan fingerprint density at radius 2 is 1.56 bits per heavy atom. The van der Waals surface area contributed by atoms with E-state index in [2.05, 4.69) is 5.32 Å². The molecule has 1 heterocycles. The maximum absolute atomic E-state index is 5.76. The van der Waals surface area contributed by atoms with E-state index in [4.69, 9.17) is 11.5 Å². The number of nitrogens with two attached hydrogens (primary N) is 2. The SMILES string of the molecule is Nc1ccc2c(c1)Nc1ccc(N)cc1S2. The van der Waals surface area contributed by atoms with E-state index in [1.165, 1.54) is 4.90 Å². The number of anilines is 4. The molecule has 0 unspecified atom stereocenters. The number of nitrogens with one attached hydrogen (secondary N) is 1. The zero-order chi connectivity index (χ0) is 11.1. The van der Waals surface area contributed by atoms with Gasteiger partial charge >= 0.3 is 0 Å². The minimum Gasteiger partial charge on any atom is -0.399 e.